The van der Waals surface area contributed by atoms with Crippen molar-refractivity contribution in [3.8, 4) is 0 Å². The second-order valence-electron chi connectivity index (χ2n) is 7.05. The highest BCUT2D eigenvalue weighted by molar-refractivity contribution is 5.98. The van der Waals surface area contributed by atoms with Crippen LogP contribution in [0.5, 0.6) is 0 Å². The Morgan fingerprint density at radius 3 is 2.26 bits per heavy atom. The lowest BCUT2D eigenvalue weighted by Gasteiger charge is -2.29. The lowest BCUT2D eigenvalue weighted by molar-refractivity contribution is -0.120. The minimum Gasteiger partial charge on any atom is -0.465 e. The van der Waals surface area contributed by atoms with Gasteiger partial charge in [0.15, 0.2) is 0 Å². The predicted octanol–water partition coefficient (Wildman–Crippen LogP) is 2.91. The first-order valence-corrected chi connectivity index (χ1v) is 9.03. The number of hydrogen-bond acceptors (Lipinski definition) is 3. The summed E-state index contributed by atoms with van der Waals surface area (Å²) in [7, 11) is 3.44. The van der Waals surface area contributed by atoms with E-state index in [1.165, 1.54) is 4.90 Å². The SMILES string of the molecule is Cc1ccc(C)n1C1C(=O)N(c2ccccc2)N(C)C1CCN(C)C(=O)O. The van der Waals surface area contributed by atoms with Crippen LogP contribution in [0.15, 0.2) is 42.5 Å². The average Bonchev–Trinajstić information content (AvgIpc) is 3.09. The summed E-state index contributed by atoms with van der Waals surface area (Å²) < 4.78 is 2.06. The standard InChI is InChI=1S/C20H26N4O3/c1-14-10-11-15(2)23(14)18-17(12-13-21(3)20(26)27)22(4)24(19(18)25)16-8-6-5-7-9-16/h5-11,17-18H,12-13H2,1-4H3,(H,26,27). The third-order valence-corrected chi connectivity index (χ3v) is 5.31. The van der Waals surface area contributed by atoms with Crippen molar-refractivity contribution in [2.75, 3.05) is 25.6 Å². The highest BCUT2D eigenvalue weighted by atomic mass is 16.4. The molecule has 0 radical (unpaired) electrons. The summed E-state index contributed by atoms with van der Waals surface area (Å²) in [5.41, 5.74) is 2.85. The van der Waals surface area contributed by atoms with Gasteiger partial charge in [-0.25, -0.2) is 14.8 Å². The van der Waals surface area contributed by atoms with Gasteiger partial charge >= 0.3 is 6.09 Å². The molecule has 0 aliphatic carbocycles. The summed E-state index contributed by atoms with van der Waals surface area (Å²) in [6.45, 7) is 4.34. The summed E-state index contributed by atoms with van der Waals surface area (Å²) in [6.07, 6.45) is -0.414. The number of nitrogens with zero attached hydrogens (tertiary/aromatic N) is 4. The maximum Gasteiger partial charge on any atom is 0.407 e. The number of benzene rings is 1. The van der Waals surface area contributed by atoms with Crippen LogP contribution in [-0.4, -0.2) is 58.3 Å². The van der Waals surface area contributed by atoms with E-state index in [4.69, 9.17) is 0 Å². The molecule has 27 heavy (non-hydrogen) atoms. The van der Waals surface area contributed by atoms with E-state index in [1.807, 2.05) is 68.4 Å². The molecule has 1 saturated heterocycles. The Labute approximate surface area is 159 Å². The molecule has 1 aliphatic heterocycles. The van der Waals surface area contributed by atoms with E-state index < -0.39 is 12.1 Å². The zero-order valence-electron chi connectivity index (χ0n) is 16.2. The molecule has 0 spiro atoms. The Hall–Kier alpha value is -2.80. The molecule has 2 atom stereocenters. The molecule has 0 saturated carbocycles. The van der Waals surface area contributed by atoms with Crippen LogP contribution in [0.25, 0.3) is 0 Å². The minimum atomic E-state index is -0.966. The fourth-order valence-corrected chi connectivity index (χ4v) is 3.84. The third-order valence-electron chi connectivity index (χ3n) is 5.31. The first-order valence-electron chi connectivity index (χ1n) is 9.03. The Bertz CT molecular complexity index is 814. The molecule has 2 aromatic rings. The number of hydrazine groups is 1. The monoisotopic (exact) mass is 370 g/mol. The van der Waals surface area contributed by atoms with Gasteiger partial charge in [-0.3, -0.25) is 4.79 Å². The van der Waals surface area contributed by atoms with Crippen LogP contribution in [-0.2, 0) is 4.79 Å². The van der Waals surface area contributed by atoms with Crippen molar-refractivity contribution in [3.63, 3.8) is 0 Å². The van der Waals surface area contributed by atoms with Crippen molar-refractivity contribution in [1.82, 2.24) is 14.5 Å². The predicted molar refractivity (Wildman–Crippen MR) is 104 cm³/mol. The van der Waals surface area contributed by atoms with Crippen LogP contribution in [0.3, 0.4) is 0 Å². The van der Waals surface area contributed by atoms with Gasteiger partial charge in [0, 0.05) is 32.0 Å². The summed E-state index contributed by atoms with van der Waals surface area (Å²) >= 11 is 0. The Balaban J connectivity index is 1.98. The molecule has 2 amide bonds. The van der Waals surface area contributed by atoms with Gasteiger partial charge in [0.05, 0.1) is 11.7 Å². The number of rotatable bonds is 5. The molecular weight excluding hydrogens is 344 g/mol. The molecule has 7 nitrogen and oxygen atoms in total. The molecule has 1 aromatic heterocycles. The molecule has 0 bridgehead atoms. The number of hydrogen-bond donors (Lipinski definition) is 1. The van der Waals surface area contributed by atoms with Gasteiger partial charge in [0.1, 0.15) is 6.04 Å². The largest absolute Gasteiger partial charge is 0.465 e. The number of amides is 2. The number of carbonyl (C=O) groups excluding carboxylic acids is 1. The summed E-state index contributed by atoms with van der Waals surface area (Å²) in [5.74, 6) is -0.00548. The molecule has 2 heterocycles. The van der Waals surface area contributed by atoms with Crippen LogP contribution in [0.4, 0.5) is 10.5 Å². The lowest BCUT2D eigenvalue weighted by Crippen LogP contribution is -2.41. The first-order chi connectivity index (χ1) is 12.8. The van der Waals surface area contributed by atoms with Gasteiger partial charge in [0.2, 0.25) is 0 Å². The van der Waals surface area contributed by atoms with Crippen molar-refractivity contribution in [2.24, 2.45) is 0 Å². The number of aryl methyl sites for hydroxylation is 2. The van der Waals surface area contributed by atoms with Gasteiger partial charge < -0.3 is 14.6 Å². The highest BCUT2D eigenvalue weighted by Crippen LogP contribution is 2.36. The first kappa shape index (κ1) is 19.0. The van der Waals surface area contributed by atoms with Crippen molar-refractivity contribution in [3.05, 3.63) is 53.9 Å². The van der Waals surface area contributed by atoms with E-state index in [2.05, 4.69) is 4.57 Å². The molecular formula is C20H26N4O3. The van der Waals surface area contributed by atoms with Crippen LogP contribution in [0.1, 0.15) is 23.9 Å². The lowest BCUT2D eigenvalue weighted by atomic mass is 10.0. The maximum atomic E-state index is 13.4. The number of anilines is 1. The number of carboxylic acid groups (broad SMARTS) is 1. The summed E-state index contributed by atoms with van der Waals surface area (Å²) in [4.78, 5) is 25.9. The van der Waals surface area contributed by atoms with Crippen molar-refractivity contribution in [2.45, 2.75) is 32.4 Å². The number of aromatic nitrogens is 1. The molecule has 7 heteroatoms. The molecule has 1 N–H and O–H groups in total. The van der Waals surface area contributed by atoms with E-state index in [0.717, 1.165) is 17.1 Å². The minimum absolute atomic E-state index is 0.00548. The summed E-state index contributed by atoms with van der Waals surface area (Å²) in [5, 5.41) is 12.8. The second kappa shape index (κ2) is 7.44. The Morgan fingerprint density at radius 2 is 1.70 bits per heavy atom. The van der Waals surface area contributed by atoms with E-state index in [-0.39, 0.29) is 11.9 Å². The Kier molecular flexibility index (Phi) is 5.23. The number of para-hydroxylation sites is 1. The molecule has 1 aliphatic rings. The number of likely N-dealkylation sites (N-methyl/N-ethyl adjacent to an activating group) is 1. The van der Waals surface area contributed by atoms with E-state index >= 15 is 0 Å². The zero-order chi connectivity index (χ0) is 19.7. The van der Waals surface area contributed by atoms with Gasteiger partial charge in [-0.1, -0.05) is 18.2 Å². The maximum absolute atomic E-state index is 13.4. The fraction of sp³-hybridized carbons (Fsp3) is 0.400. The molecule has 1 fully saturated rings. The van der Waals surface area contributed by atoms with Crippen molar-refractivity contribution < 1.29 is 14.7 Å². The van der Waals surface area contributed by atoms with Crippen LogP contribution >= 0.6 is 0 Å². The quantitative estimate of drug-likeness (QED) is 0.879. The topological polar surface area (TPSA) is 69.0 Å². The van der Waals surface area contributed by atoms with Crippen LogP contribution in [0.2, 0.25) is 0 Å². The molecule has 144 valence electrons. The van der Waals surface area contributed by atoms with Gasteiger partial charge in [0.25, 0.3) is 5.91 Å². The van der Waals surface area contributed by atoms with Crippen LogP contribution in [0, 0.1) is 13.8 Å². The van der Waals surface area contributed by atoms with Crippen molar-refractivity contribution >= 4 is 17.7 Å². The van der Waals surface area contributed by atoms with E-state index in [0.29, 0.717) is 13.0 Å². The van der Waals surface area contributed by atoms with Crippen LogP contribution < -0.4 is 5.01 Å². The molecule has 1 aromatic carbocycles. The molecule has 3 rings (SSSR count). The summed E-state index contributed by atoms with van der Waals surface area (Å²) in [6, 6.07) is 13.0. The number of carbonyl (C=O) groups is 2. The third kappa shape index (κ3) is 3.42. The smallest absolute Gasteiger partial charge is 0.407 e. The van der Waals surface area contributed by atoms with E-state index in [1.54, 1.807) is 12.1 Å². The highest BCUT2D eigenvalue weighted by Gasteiger charge is 2.47. The average molecular weight is 370 g/mol. The molecule has 2 unspecified atom stereocenters. The van der Waals surface area contributed by atoms with Gasteiger partial charge in [-0.2, -0.15) is 0 Å². The van der Waals surface area contributed by atoms with Gasteiger partial charge in [-0.05, 0) is 44.5 Å². The van der Waals surface area contributed by atoms with Gasteiger partial charge in [-0.15, -0.1) is 0 Å². The van der Waals surface area contributed by atoms with E-state index in [9.17, 15) is 14.7 Å². The normalized spacial score (nSPS) is 20.3. The van der Waals surface area contributed by atoms with Crippen molar-refractivity contribution in [1.29, 1.82) is 0 Å². The second-order valence-corrected chi connectivity index (χ2v) is 7.05. The fourth-order valence-electron chi connectivity index (χ4n) is 3.84. The zero-order valence-corrected chi connectivity index (χ0v) is 16.2. The Morgan fingerprint density at radius 1 is 1.11 bits per heavy atom.